The first kappa shape index (κ1) is 14.0. The van der Waals surface area contributed by atoms with E-state index in [4.69, 9.17) is 5.11 Å². The molecule has 106 valence electrons. The van der Waals surface area contributed by atoms with Crippen LogP contribution in [-0.2, 0) is 4.79 Å². The molecule has 2 rings (SSSR count). The molecule has 0 saturated heterocycles. The van der Waals surface area contributed by atoms with Crippen molar-refractivity contribution < 1.29 is 9.90 Å². The lowest BCUT2D eigenvalue weighted by Gasteiger charge is -2.07. The van der Waals surface area contributed by atoms with Crippen LogP contribution >= 0.6 is 0 Å². The number of fused-ring (bicyclic) bond motifs is 1. The molecule has 0 aliphatic carbocycles. The van der Waals surface area contributed by atoms with Gasteiger partial charge in [-0.05, 0) is 25.0 Å². The third kappa shape index (κ3) is 2.94. The molecule has 0 spiro atoms. The Morgan fingerprint density at radius 2 is 1.90 bits per heavy atom. The topological polar surface area (TPSA) is 115 Å². The highest BCUT2D eigenvalue weighted by Crippen LogP contribution is 2.17. The largest absolute Gasteiger partial charge is 0.396 e. The molecule has 7 heteroatoms. The number of nitrogens with one attached hydrogen (secondary N) is 3. The van der Waals surface area contributed by atoms with Gasteiger partial charge < -0.3 is 10.4 Å². The first-order chi connectivity index (χ1) is 9.63. The van der Waals surface area contributed by atoms with Crippen molar-refractivity contribution in [1.82, 2.24) is 10.2 Å². The van der Waals surface area contributed by atoms with Crippen LogP contribution in [0.25, 0.3) is 10.8 Å². The number of unbranched alkanes of at least 4 members (excludes halogenated alkanes) is 1. The summed E-state index contributed by atoms with van der Waals surface area (Å²) in [5.74, 6) is -0.259. The van der Waals surface area contributed by atoms with E-state index >= 15 is 0 Å². The van der Waals surface area contributed by atoms with Gasteiger partial charge in [-0.15, -0.1) is 0 Å². The number of aliphatic hydroxyl groups is 1. The molecule has 0 aliphatic rings. The van der Waals surface area contributed by atoms with Gasteiger partial charge >= 0.3 is 0 Å². The fourth-order valence-corrected chi connectivity index (χ4v) is 1.94. The number of anilines is 1. The van der Waals surface area contributed by atoms with Gasteiger partial charge in [-0.25, -0.2) is 0 Å². The number of carbonyl (C=O) groups is 1. The third-order valence-corrected chi connectivity index (χ3v) is 2.91. The first-order valence-corrected chi connectivity index (χ1v) is 6.28. The summed E-state index contributed by atoms with van der Waals surface area (Å²) in [6.07, 6.45) is 1.35. The molecule has 0 unspecified atom stereocenters. The van der Waals surface area contributed by atoms with Crippen LogP contribution in [0.3, 0.4) is 0 Å². The van der Waals surface area contributed by atoms with Gasteiger partial charge in [0.05, 0.1) is 16.5 Å². The fraction of sp³-hybridized carbons (Fsp3) is 0.308. The summed E-state index contributed by atoms with van der Waals surface area (Å²) in [5.41, 5.74) is -0.578. The van der Waals surface area contributed by atoms with Gasteiger partial charge in [-0.3, -0.25) is 24.6 Å². The Morgan fingerprint density at radius 3 is 2.65 bits per heavy atom. The summed E-state index contributed by atoms with van der Waals surface area (Å²) >= 11 is 0. The molecule has 7 nitrogen and oxygen atoms in total. The monoisotopic (exact) mass is 277 g/mol. The Kier molecular flexibility index (Phi) is 4.31. The molecule has 1 aromatic carbocycles. The predicted octanol–water partition coefficient (Wildman–Crippen LogP) is 0.317. The molecule has 0 saturated carbocycles. The fourth-order valence-electron chi connectivity index (χ4n) is 1.94. The van der Waals surface area contributed by atoms with Crippen molar-refractivity contribution in [2.75, 3.05) is 11.9 Å². The summed E-state index contributed by atoms with van der Waals surface area (Å²) in [6, 6.07) is 4.69. The summed E-state index contributed by atoms with van der Waals surface area (Å²) < 4.78 is 0. The minimum absolute atomic E-state index is 0.0383. The minimum atomic E-state index is -0.467. The number of carbonyl (C=O) groups excluding carboxylic acids is 1. The second-order valence-electron chi connectivity index (χ2n) is 4.37. The lowest BCUT2D eigenvalue weighted by atomic mass is 10.1. The Balaban J connectivity index is 2.31. The van der Waals surface area contributed by atoms with Gasteiger partial charge in [-0.2, -0.15) is 0 Å². The molecule has 4 N–H and O–H groups in total. The molecule has 0 aliphatic heterocycles. The lowest BCUT2D eigenvalue weighted by Crippen LogP contribution is -2.21. The molecule has 0 radical (unpaired) electrons. The van der Waals surface area contributed by atoms with Gasteiger partial charge in [0.15, 0.2) is 0 Å². The van der Waals surface area contributed by atoms with Gasteiger partial charge in [-0.1, -0.05) is 6.07 Å². The Labute approximate surface area is 113 Å². The Bertz CT molecular complexity index is 732. The van der Waals surface area contributed by atoms with E-state index in [2.05, 4.69) is 15.5 Å². The second-order valence-corrected chi connectivity index (χ2v) is 4.37. The van der Waals surface area contributed by atoms with Crippen LogP contribution < -0.4 is 16.4 Å². The summed E-state index contributed by atoms with van der Waals surface area (Å²) in [4.78, 5) is 35.1. The Hall–Kier alpha value is -2.41. The van der Waals surface area contributed by atoms with Crippen LogP contribution in [0.1, 0.15) is 19.3 Å². The first-order valence-electron chi connectivity index (χ1n) is 6.28. The van der Waals surface area contributed by atoms with Gasteiger partial charge in [0.25, 0.3) is 11.1 Å². The summed E-state index contributed by atoms with van der Waals surface area (Å²) in [5, 5.41) is 16.1. The minimum Gasteiger partial charge on any atom is -0.396 e. The molecule has 0 atom stereocenters. The average molecular weight is 277 g/mol. The van der Waals surface area contributed by atoms with E-state index in [-0.39, 0.29) is 29.7 Å². The molecular formula is C13H15N3O4. The Morgan fingerprint density at radius 1 is 1.15 bits per heavy atom. The van der Waals surface area contributed by atoms with E-state index in [1.165, 1.54) is 6.07 Å². The molecule has 1 heterocycles. The number of aliphatic hydroxyl groups excluding tert-OH is 1. The smallest absolute Gasteiger partial charge is 0.272 e. The predicted molar refractivity (Wildman–Crippen MR) is 74.8 cm³/mol. The normalized spacial score (nSPS) is 10.7. The maximum Gasteiger partial charge on any atom is 0.272 e. The maximum absolute atomic E-state index is 11.8. The van der Waals surface area contributed by atoms with Crippen LogP contribution in [0.15, 0.2) is 27.8 Å². The van der Waals surface area contributed by atoms with Crippen molar-refractivity contribution >= 4 is 22.4 Å². The highest BCUT2D eigenvalue weighted by molar-refractivity contribution is 6.01. The van der Waals surface area contributed by atoms with Crippen molar-refractivity contribution in [2.45, 2.75) is 19.3 Å². The quantitative estimate of drug-likeness (QED) is 0.589. The van der Waals surface area contributed by atoms with Crippen LogP contribution in [0.2, 0.25) is 0 Å². The highest BCUT2D eigenvalue weighted by atomic mass is 16.3. The molecule has 1 aromatic heterocycles. The van der Waals surface area contributed by atoms with Crippen molar-refractivity contribution in [3.63, 3.8) is 0 Å². The van der Waals surface area contributed by atoms with Crippen molar-refractivity contribution in [3.8, 4) is 0 Å². The van der Waals surface area contributed by atoms with E-state index in [1.807, 2.05) is 0 Å². The number of hydrogen-bond donors (Lipinski definition) is 4. The molecular weight excluding hydrogens is 262 g/mol. The van der Waals surface area contributed by atoms with E-state index in [0.717, 1.165) is 0 Å². The zero-order valence-corrected chi connectivity index (χ0v) is 10.7. The third-order valence-electron chi connectivity index (χ3n) is 2.91. The SMILES string of the molecule is O=C(CCCCO)Nc1cccc2c(=O)[nH][nH]c(=O)c12. The zero-order valence-electron chi connectivity index (χ0n) is 10.7. The number of benzene rings is 1. The average Bonchev–Trinajstić information content (AvgIpc) is 2.43. The number of aromatic amines is 2. The molecule has 2 aromatic rings. The standard InChI is InChI=1S/C13H15N3O4/c17-7-2-1-6-10(18)14-9-5-3-4-8-11(9)13(20)16-15-12(8)19/h3-5,17H,1-2,6-7H2,(H,14,18)(H,15,19)(H,16,20). The zero-order chi connectivity index (χ0) is 14.5. The van der Waals surface area contributed by atoms with Crippen molar-refractivity contribution in [1.29, 1.82) is 0 Å². The highest BCUT2D eigenvalue weighted by Gasteiger charge is 2.10. The van der Waals surface area contributed by atoms with Gasteiger partial charge in [0.2, 0.25) is 5.91 Å². The lowest BCUT2D eigenvalue weighted by molar-refractivity contribution is -0.116. The number of H-pyrrole nitrogens is 2. The molecule has 20 heavy (non-hydrogen) atoms. The second kappa shape index (κ2) is 6.16. The number of hydrogen-bond acceptors (Lipinski definition) is 4. The van der Waals surface area contributed by atoms with Crippen LogP contribution in [0.4, 0.5) is 5.69 Å². The van der Waals surface area contributed by atoms with E-state index in [0.29, 0.717) is 18.5 Å². The molecule has 0 bridgehead atoms. The van der Waals surface area contributed by atoms with E-state index < -0.39 is 11.1 Å². The maximum atomic E-state index is 11.8. The van der Waals surface area contributed by atoms with Crippen LogP contribution in [0.5, 0.6) is 0 Å². The van der Waals surface area contributed by atoms with Crippen LogP contribution in [0, 0.1) is 0 Å². The number of rotatable bonds is 5. The van der Waals surface area contributed by atoms with Crippen molar-refractivity contribution in [3.05, 3.63) is 38.9 Å². The number of aromatic nitrogens is 2. The van der Waals surface area contributed by atoms with Crippen LogP contribution in [-0.4, -0.2) is 27.8 Å². The molecule has 1 amide bonds. The van der Waals surface area contributed by atoms with Gasteiger partial charge in [0.1, 0.15) is 0 Å². The van der Waals surface area contributed by atoms with Gasteiger partial charge in [0, 0.05) is 13.0 Å². The van der Waals surface area contributed by atoms with E-state index in [9.17, 15) is 14.4 Å². The summed E-state index contributed by atoms with van der Waals surface area (Å²) in [6.45, 7) is 0.0383. The number of amides is 1. The summed E-state index contributed by atoms with van der Waals surface area (Å²) in [7, 11) is 0. The van der Waals surface area contributed by atoms with Crippen molar-refractivity contribution in [2.24, 2.45) is 0 Å². The van der Waals surface area contributed by atoms with E-state index in [1.54, 1.807) is 12.1 Å². The molecule has 0 fully saturated rings.